The zero-order valence-electron chi connectivity index (χ0n) is 11.2. The van der Waals surface area contributed by atoms with Gasteiger partial charge < -0.3 is 9.13 Å². The number of fused-ring (bicyclic) bond motifs is 2. The first-order valence-corrected chi connectivity index (χ1v) is 6.33. The number of rotatable bonds is 2. The highest BCUT2D eigenvalue weighted by Gasteiger charge is 2.13. The third-order valence-corrected chi connectivity index (χ3v) is 3.54. The molecule has 18 heavy (non-hydrogen) atoms. The van der Waals surface area contributed by atoms with Crippen LogP contribution in [0.25, 0.3) is 22.3 Å². The van der Waals surface area contributed by atoms with Crippen LogP contribution in [0.15, 0.2) is 6.07 Å². The van der Waals surface area contributed by atoms with E-state index in [1.807, 2.05) is 14.1 Å². The first-order chi connectivity index (χ1) is 8.65. The molecule has 3 heterocycles. The summed E-state index contributed by atoms with van der Waals surface area (Å²) in [5.74, 6) is 2.12. The Bertz CT molecular complexity index is 675. The Hall–Kier alpha value is -1.91. The predicted molar refractivity (Wildman–Crippen MR) is 71.5 cm³/mol. The summed E-state index contributed by atoms with van der Waals surface area (Å²) in [5, 5.41) is 0. The van der Waals surface area contributed by atoms with E-state index in [4.69, 9.17) is 0 Å². The first-order valence-electron chi connectivity index (χ1n) is 6.33. The molecular weight excluding hydrogens is 226 g/mol. The molecule has 3 rings (SSSR count). The maximum atomic E-state index is 4.57. The van der Waals surface area contributed by atoms with E-state index in [0.717, 1.165) is 46.8 Å². The van der Waals surface area contributed by atoms with Crippen molar-refractivity contribution in [2.75, 3.05) is 0 Å². The molecule has 5 nitrogen and oxygen atoms in total. The van der Waals surface area contributed by atoms with Crippen LogP contribution in [0.4, 0.5) is 0 Å². The SMILES string of the molecule is CCc1nc2nc3nc(CC)n(C)c3cc2n1C. The van der Waals surface area contributed by atoms with Crippen LogP contribution in [0.2, 0.25) is 0 Å². The van der Waals surface area contributed by atoms with Crippen molar-refractivity contribution in [3.05, 3.63) is 17.7 Å². The third-order valence-electron chi connectivity index (χ3n) is 3.54. The lowest BCUT2D eigenvalue weighted by Crippen LogP contribution is -1.96. The standard InChI is InChI=1S/C13H17N5/c1-5-10-14-12-8(17(10)3)7-9-13(16-12)15-11(6-2)18(9)4/h7H,5-6H2,1-4H3. The fourth-order valence-corrected chi connectivity index (χ4v) is 2.44. The minimum atomic E-state index is 0.794. The Morgan fingerprint density at radius 3 is 1.67 bits per heavy atom. The van der Waals surface area contributed by atoms with Crippen LogP contribution in [0.5, 0.6) is 0 Å². The van der Waals surface area contributed by atoms with E-state index in [2.05, 4.69) is 44.0 Å². The zero-order valence-corrected chi connectivity index (χ0v) is 11.2. The van der Waals surface area contributed by atoms with Crippen molar-refractivity contribution >= 4 is 22.3 Å². The monoisotopic (exact) mass is 243 g/mol. The van der Waals surface area contributed by atoms with Gasteiger partial charge in [0.15, 0.2) is 11.3 Å². The Morgan fingerprint density at radius 2 is 1.28 bits per heavy atom. The second kappa shape index (κ2) is 3.80. The largest absolute Gasteiger partial charge is 0.330 e. The highest BCUT2D eigenvalue weighted by Crippen LogP contribution is 2.20. The van der Waals surface area contributed by atoms with Crippen molar-refractivity contribution in [2.24, 2.45) is 14.1 Å². The Morgan fingerprint density at radius 1 is 0.833 bits per heavy atom. The summed E-state index contributed by atoms with van der Waals surface area (Å²) in [4.78, 5) is 13.7. The molecule has 0 N–H and O–H groups in total. The van der Waals surface area contributed by atoms with Gasteiger partial charge in [-0.25, -0.2) is 15.0 Å². The number of aromatic nitrogens is 5. The molecule has 94 valence electrons. The first kappa shape index (κ1) is 11.2. The third kappa shape index (κ3) is 1.36. The second-order valence-electron chi connectivity index (χ2n) is 4.56. The van der Waals surface area contributed by atoms with Crippen LogP contribution >= 0.6 is 0 Å². The zero-order chi connectivity index (χ0) is 12.9. The molecule has 0 aliphatic rings. The molecule has 3 aromatic rings. The molecule has 0 radical (unpaired) electrons. The van der Waals surface area contributed by atoms with Gasteiger partial charge >= 0.3 is 0 Å². The molecule has 0 saturated carbocycles. The van der Waals surface area contributed by atoms with Gasteiger partial charge in [-0.1, -0.05) is 13.8 Å². The minimum absolute atomic E-state index is 0.794. The van der Waals surface area contributed by atoms with Crippen LogP contribution in [0.3, 0.4) is 0 Å². The van der Waals surface area contributed by atoms with Gasteiger partial charge in [0.2, 0.25) is 0 Å². The van der Waals surface area contributed by atoms with Gasteiger partial charge in [-0.15, -0.1) is 0 Å². The van der Waals surface area contributed by atoms with Crippen LogP contribution < -0.4 is 0 Å². The van der Waals surface area contributed by atoms with Crippen molar-refractivity contribution in [2.45, 2.75) is 26.7 Å². The lowest BCUT2D eigenvalue weighted by molar-refractivity contribution is 0.823. The van der Waals surface area contributed by atoms with Crippen LogP contribution in [0.1, 0.15) is 25.5 Å². The summed E-state index contributed by atoms with van der Waals surface area (Å²) in [7, 11) is 4.08. The smallest absolute Gasteiger partial charge is 0.180 e. The molecule has 5 heteroatoms. The van der Waals surface area contributed by atoms with Gasteiger partial charge in [0.05, 0.1) is 11.0 Å². The van der Waals surface area contributed by atoms with Gasteiger partial charge in [-0.05, 0) is 6.07 Å². The van der Waals surface area contributed by atoms with E-state index in [1.54, 1.807) is 0 Å². The number of imidazole rings is 2. The maximum Gasteiger partial charge on any atom is 0.180 e. The van der Waals surface area contributed by atoms with E-state index in [-0.39, 0.29) is 0 Å². The Kier molecular flexibility index (Phi) is 2.36. The summed E-state index contributed by atoms with van der Waals surface area (Å²) < 4.78 is 4.22. The number of hydrogen-bond acceptors (Lipinski definition) is 3. The normalized spacial score (nSPS) is 11.8. The number of pyridine rings is 1. The molecule has 0 amide bonds. The van der Waals surface area contributed by atoms with Gasteiger partial charge in [-0.3, -0.25) is 0 Å². The molecule has 0 bridgehead atoms. The van der Waals surface area contributed by atoms with E-state index in [9.17, 15) is 0 Å². The number of nitrogens with zero attached hydrogens (tertiary/aromatic N) is 5. The Labute approximate surface area is 105 Å². The maximum absolute atomic E-state index is 4.57. The molecule has 0 spiro atoms. The summed E-state index contributed by atoms with van der Waals surface area (Å²) in [5.41, 5.74) is 3.74. The summed E-state index contributed by atoms with van der Waals surface area (Å²) in [6, 6.07) is 2.13. The molecule has 0 aliphatic carbocycles. The lowest BCUT2D eigenvalue weighted by atomic mass is 10.4. The van der Waals surface area contributed by atoms with Crippen molar-refractivity contribution in [1.29, 1.82) is 0 Å². The van der Waals surface area contributed by atoms with Crippen molar-refractivity contribution in [1.82, 2.24) is 24.1 Å². The average molecular weight is 243 g/mol. The summed E-state index contributed by atoms with van der Waals surface area (Å²) in [6.45, 7) is 4.21. The molecule has 0 fully saturated rings. The van der Waals surface area contributed by atoms with Crippen molar-refractivity contribution in [3.8, 4) is 0 Å². The fourth-order valence-electron chi connectivity index (χ4n) is 2.44. The van der Waals surface area contributed by atoms with Crippen LogP contribution in [0, 0.1) is 0 Å². The highest BCUT2D eigenvalue weighted by molar-refractivity contribution is 5.86. The van der Waals surface area contributed by atoms with Gasteiger partial charge in [0, 0.05) is 26.9 Å². The molecule has 0 atom stereocenters. The van der Waals surface area contributed by atoms with Crippen LogP contribution in [-0.2, 0) is 26.9 Å². The molecule has 0 aromatic carbocycles. The van der Waals surface area contributed by atoms with E-state index in [1.165, 1.54) is 0 Å². The number of hydrogen-bond donors (Lipinski definition) is 0. The minimum Gasteiger partial charge on any atom is -0.330 e. The molecular formula is C13H17N5. The molecule has 0 unspecified atom stereocenters. The topological polar surface area (TPSA) is 48.5 Å². The summed E-state index contributed by atoms with van der Waals surface area (Å²) in [6.07, 6.45) is 1.83. The average Bonchev–Trinajstić information content (AvgIpc) is 2.86. The van der Waals surface area contributed by atoms with Crippen molar-refractivity contribution < 1.29 is 0 Å². The predicted octanol–water partition coefficient (Wildman–Crippen LogP) is 1.98. The fraction of sp³-hybridized carbons (Fsp3) is 0.462. The lowest BCUT2D eigenvalue weighted by Gasteiger charge is -2.00. The molecule has 3 aromatic heterocycles. The number of aryl methyl sites for hydroxylation is 4. The van der Waals surface area contributed by atoms with E-state index >= 15 is 0 Å². The van der Waals surface area contributed by atoms with Gasteiger partial charge in [0.25, 0.3) is 0 Å². The highest BCUT2D eigenvalue weighted by atomic mass is 15.1. The van der Waals surface area contributed by atoms with Gasteiger partial charge in [0.1, 0.15) is 11.6 Å². The Balaban J connectivity index is 2.39. The molecule has 0 aliphatic heterocycles. The van der Waals surface area contributed by atoms with Crippen molar-refractivity contribution in [3.63, 3.8) is 0 Å². The quantitative estimate of drug-likeness (QED) is 0.691. The van der Waals surface area contributed by atoms with Crippen LogP contribution in [-0.4, -0.2) is 24.1 Å². The van der Waals surface area contributed by atoms with E-state index < -0.39 is 0 Å². The second-order valence-corrected chi connectivity index (χ2v) is 4.56. The summed E-state index contributed by atoms with van der Waals surface area (Å²) >= 11 is 0. The molecule has 0 saturated heterocycles. The van der Waals surface area contributed by atoms with E-state index in [0.29, 0.717) is 0 Å². The van der Waals surface area contributed by atoms with Gasteiger partial charge in [-0.2, -0.15) is 0 Å².